The molecule has 0 aromatic carbocycles. The van der Waals surface area contributed by atoms with Gasteiger partial charge in [-0.3, -0.25) is 9.59 Å². The van der Waals surface area contributed by atoms with E-state index in [4.69, 9.17) is 4.74 Å². The zero-order valence-electron chi connectivity index (χ0n) is 45.4. The first kappa shape index (κ1) is 65.6. The summed E-state index contributed by atoms with van der Waals surface area (Å²) in [5.41, 5.74) is 0. The van der Waals surface area contributed by atoms with Crippen LogP contribution in [0.25, 0.3) is 0 Å². The maximum atomic E-state index is 12.5. The van der Waals surface area contributed by atoms with Crippen molar-refractivity contribution in [3.63, 3.8) is 0 Å². The SMILES string of the molecule is CCCCCCCCCCCCCCCCCCCCC/C=C/C(O)C(CO)NC(=O)CCCCCCCCCCCCCCCCCCOC(=O)CCCCCCCCCCCCCCC. The molecule has 6 nitrogen and oxygen atoms in total. The van der Waals surface area contributed by atoms with E-state index < -0.39 is 12.1 Å². The minimum Gasteiger partial charge on any atom is -0.466 e. The number of allylic oxidation sites excluding steroid dienone is 1. The van der Waals surface area contributed by atoms with Crippen LogP contribution < -0.4 is 5.32 Å². The molecule has 398 valence electrons. The topological polar surface area (TPSA) is 95.9 Å². The first-order valence-corrected chi connectivity index (χ1v) is 30.5. The van der Waals surface area contributed by atoms with E-state index in [1.54, 1.807) is 6.08 Å². The highest BCUT2D eigenvalue weighted by Crippen LogP contribution is 2.18. The van der Waals surface area contributed by atoms with Crippen LogP contribution in [0, 0.1) is 0 Å². The van der Waals surface area contributed by atoms with Crippen molar-refractivity contribution < 1.29 is 24.5 Å². The summed E-state index contributed by atoms with van der Waals surface area (Å²) in [6.07, 6.45) is 68.1. The number of rotatable bonds is 57. The van der Waals surface area contributed by atoms with Crippen molar-refractivity contribution in [1.29, 1.82) is 0 Å². The van der Waals surface area contributed by atoms with Gasteiger partial charge >= 0.3 is 5.97 Å². The molecule has 0 radical (unpaired) electrons. The minimum atomic E-state index is -0.849. The summed E-state index contributed by atoms with van der Waals surface area (Å²) in [6, 6.07) is -0.633. The molecule has 0 aromatic heterocycles. The van der Waals surface area contributed by atoms with Crippen molar-refractivity contribution >= 4 is 11.9 Å². The molecule has 0 aromatic rings. The summed E-state index contributed by atoms with van der Waals surface area (Å²) in [6.45, 7) is 4.92. The first-order chi connectivity index (χ1) is 33.0. The Labute approximate surface area is 419 Å². The Morgan fingerprint density at radius 2 is 0.687 bits per heavy atom. The molecule has 1 amide bonds. The van der Waals surface area contributed by atoms with Crippen molar-refractivity contribution in [1.82, 2.24) is 5.32 Å². The third kappa shape index (κ3) is 53.8. The van der Waals surface area contributed by atoms with Gasteiger partial charge in [0.25, 0.3) is 0 Å². The molecule has 2 atom stereocenters. The number of ether oxygens (including phenoxy) is 1. The molecule has 3 N–H and O–H groups in total. The van der Waals surface area contributed by atoms with E-state index in [0.29, 0.717) is 19.4 Å². The maximum Gasteiger partial charge on any atom is 0.305 e. The van der Waals surface area contributed by atoms with Gasteiger partial charge in [0.05, 0.1) is 25.4 Å². The van der Waals surface area contributed by atoms with Crippen LogP contribution in [0.1, 0.15) is 341 Å². The van der Waals surface area contributed by atoms with Crippen molar-refractivity contribution in [2.75, 3.05) is 13.2 Å². The lowest BCUT2D eigenvalue weighted by Crippen LogP contribution is -2.45. The second-order valence-electron chi connectivity index (χ2n) is 21.0. The molecule has 6 heteroatoms. The zero-order chi connectivity index (χ0) is 48.6. The molecule has 0 aliphatic carbocycles. The van der Waals surface area contributed by atoms with Crippen LogP contribution in [-0.4, -0.2) is 47.4 Å². The summed E-state index contributed by atoms with van der Waals surface area (Å²) in [4.78, 5) is 24.5. The summed E-state index contributed by atoms with van der Waals surface area (Å²) in [7, 11) is 0. The normalized spacial score (nSPS) is 12.6. The molecule has 0 fully saturated rings. The van der Waals surface area contributed by atoms with E-state index in [-0.39, 0.29) is 18.5 Å². The fraction of sp³-hybridized carbons (Fsp3) is 0.934. The van der Waals surface area contributed by atoms with Crippen molar-refractivity contribution in [3.8, 4) is 0 Å². The number of hydrogen-bond donors (Lipinski definition) is 3. The van der Waals surface area contributed by atoms with Gasteiger partial charge in [-0.25, -0.2) is 0 Å². The molecular formula is C61H119NO5. The number of esters is 1. The van der Waals surface area contributed by atoms with E-state index >= 15 is 0 Å². The van der Waals surface area contributed by atoms with Gasteiger partial charge in [-0.05, 0) is 32.1 Å². The number of nitrogens with one attached hydrogen (secondary N) is 1. The van der Waals surface area contributed by atoms with Crippen LogP contribution >= 0.6 is 0 Å². The highest BCUT2D eigenvalue weighted by molar-refractivity contribution is 5.76. The van der Waals surface area contributed by atoms with Crippen LogP contribution in [-0.2, 0) is 14.3 Å². The summed E-state index contributed by atoms with van der Waals surface area (Å²) < 4.78 is 5.47. The number of carbonyl (C=O) groups is 2. The van der Waals surface area contributed by atoms with Crippen LogP contribution in [0.5, 0.6) is 0 Å². The fourth-order valence-corrected chi connectivity index (χ4v) is 9.64. The molecule has 0 heterocycles. The summed E-state index contributed by atoms with van der Waals surface area (Å²) >= 11 is 0. The minimum absolute atomic E-state index is 0.00455. The molecule has 0 rings (SSSR count). The standard InChI is InChI=1S/C61H119NO5/c1-3-5-7-9-11-13-15-17-18-19-20-21-22-23-26-30-33-37-41-45-49-53-59(64)58(57-63)62-60(65)54-50-46-42-38-34-31-27-24-25-28-32-36-40-44-48-52-56-67-61(66)55-51-47-43-39-35-29-16-14-12-10-8-6-4-2/h49,53,58-59,63-64H,3-48,50-52,54-57H2,1-2H3,(H,62,65)/b53-49+. The lowest BCUT2D eigenvalue weighted by molar-refractivity contribution is -0.143. The Bertz CT molecular complexity index is 1000. The zero-order valence-corrected chi connectivity index (χ0v) is 45.4. The summed E-state index contributed by atoms with van der Waals surface area (Å²) in [5.74, 6) is -0.0664. The largest absolute Gasteiger partial charge is 0.466 e. The number of aliphatic hydroxyl groups is 2. The summed E-state index contributed by atoms with van der Waals surface area (Å²) in [5, 5.41) is 23.2. The maximum absolute atomic E-state index is 12.5. The Kier molecular flexibility index (Phi) is 56.0. The molecule has 2 unspecified atom stereocenters. The van der Waals surface area contributed by atoms with Gasteiger partial charge in [0.15, 0.2) is 0 Å². The third-order valence-corrected chi connectivity index (χ3v) is 14.3. The third-order valence-electron chi connectivity index (χ3n) is 14.3. The predicted octanol–water partition coefficient (Wildman–Crippen LogP) is 18.9. The second-order valence-corrected chi connectivity index (χ2v) is 21.0. The highest BCUT2D eigenvalue weighted by atomic mass is 16.5. The van der Waals surface area contributed by atoms with Gasteiger partial charge in [0.2, 0.25) is 5.91 Å². The van der Waals surface area contributed by atoms with E-state index in [9.17, 15) is 19.8 Å². The number of aliphatic hydroxyl groups excluding tert-OH is 2. The Hall–Kier alpha value is -1.40. The highest BCUT2D eigenvalue weighted by Gasteiger charge is 2.18. The lowest BCUT2D eigenvalue weighted by Gasteiger charge is -2.20. The van der Waals surface area contributed by atoms with E-state index in [1.165, 1.54) is 270 Å². The Morgan fingerprint density at radius 3 is 1.01 bits per heavy atom. The molecule has 67 heavy (non-hydrogen) atoms. The monoisotopic (exact) mass is 946 g/mol. The van der Waals surface area contributed by atoms with Gasteiger partial charge in [0.1, 0.15) is 0 Å². The molecule has 0 bridgehead atoms. The molecule has 0 saturated carbocycles. The van der Waals surface area contributed by atoms with Gasteiger partial charge in [-0.15, -0.1) is 0 Å². The predicted molar refractivity (Wildman–Crippen MR) is 292 cm³/mol. The molecular weight excluding hydrogens is 827 g/mol. The lowest BCUT2D eigenvalue weighted by atomic mass is 10.0. The molecule has 0 aliphatic heterocycles. The van der Waals surface area contributed by atoms with Crippen LogP contribution in [0.15, 0.2) is 12.2 Å². The van der Waals surface area contributed by atoms with Gasteiger partial charge in [-0.1, -0.05) is 309 Å². The van der Waals surface area contributed by atoms with E-state index in [2.05, 4.69) is 19.2 Å². The number of hydrogen-bond acceptors (Lipinski definition) is 5. The average molecular weight is 947 g/mol. The first-order valence-electron chi connectivity index (χ1n) is 30.5. The Balaban J connectivity index is 3.45. The van der Waals surface area contributed by atoms with Gasteiger partial charge in [0, 0.05) is 12.8 Å². The van der Waals surface area contributed by atoms with E-state index in [1.807, 2.05) is 6.08 Å². The van der Waals surface area contributed by atoms with Gasteiger partial charge < -0.3 is 20.3 Å². The molecule has 0 saturated heterocycles. The second kappa shape index (κ2) is 57.2. The number of carbonyl (C=O) groups excluding carboxylic acids is 2. The molecule has 0 aliphatic rings. The number of unbranched alkanes of at least 4 members (excludes halogenated alkanes) is 46. The van der Waals surface area contributed by atoms with Gasteiger partial charge in [-0.2, -0.15) is 0 Å². The van der Waals surface area contributed by atoms with E-state index in [0.717, 1.165) is 44.9 Å². The quantitative estimate of drug-likeness (QED) is 0.0321. The van der Waals surface area contributed by atoms with Crippen molar-refractivity contribution in [2.24, 2.45) is 0 Å². The van der Waals surface area contributed by atoms with Crippen LogP contribution in [0.4, 0.5) is 0 Å². The van der Waals surface area contributed by atoms with Crippen molar-refractivity contribution in [3.05, 3.63) is 12.2 Å². The number of amides is 1. The van der Waals surface area contributed by atoms with Crippen LogP contribution in [0.3, 0.4) is 0 Å². The average Bonchev–Trinajstić information content (AvgIpc) is 3.33. The molecule has 0 spiro atoms. The smallest absolute Gasteiger partial charge is 0.305 e. The van der Waals surface area contributed by atoms with Crippen LogP contribution in [0.2, 0.25) is 0 Å². The Morgan fingerprint density at radius 1 is 0.403 bits per heavy atom. The van der Waals surface area contributed by atoms with Crippen molar-refractivity contribution in [2.45, 2.75) is 353 Å². The fourth-order valence-electron chi connectivity index (χ4n) is 9.64.